The topological polar surface area (TPSA) is 51.2 Å². The second-order valence-corrected chi connectivity index (χ2v) is 7.19. The van der Waals surface area contributed by atoms with Gasteiger partial charge in [-0.1, -0.05) is 36.0 Å². The van der Waals surface area contributed by atoms with E-state index in [0.29, 0.717) is 17.2 Å². The van der Waals surface area contributed by atoms with Crippen LogP contribution in [0, 0.1) is 20.8 Å². The zero-order valence-corrected chi connectivity index (χ0v) is 16.2. The number of hydrogen-bond acceptors (Lipinski definition) is 4. The van der Waals surface area contributed by atoms with Crippen molar-refractivity contribution >= 4 is 34.3 Å². The Morgan fingerprint density at radius 1 is 1.12 bits per heavy atom. The highest BCUT2D eigenvalue weighted by Crippen LogP contribution is 2.28. The molecule has 0 atom stereocenters. The number of nitrogens with zero attached hydrogens (tertiary/aromatic N) is 1. The van der Waals surface area contributed by atoms with Crippen LogP contribution in [0.1, 0.15) is 16.7 Å². The van der Waals surface area contributed by atoms with Crippen molar-refractivity contribution < 1.29 is 9.53 Å². The van der Waals surface area contributed by atoms with Crippen LogP contribution in [-0.4, -0.2) is 23.8 Å². The van der Waals surface area contributed by atoms with Crippen LogP contribution in [0.5, 0.6) is 5.75 Å². The van der Waals surface area contributed by atoms with E-state index >= 15 is 0 Å². The molecule has 1 heterocycles. The lowest BCUT2D eigenvalue weighted by molar-refractivity contribution is -0.113. The number of anilines is 1. The van der Waals surface area contributed by atoms with Gasteiger partial charge in [0.2, 0.25) is 5.91 Å². The summed E-state index contributed by atoms with van der Waals surface area (Å²) in [6, 6.07) is 13.7. The van der Waals surface area contributed by atoms with Gasteiger partial charge in [-0.15, -0.1) is 0 Å². The van der Waals surface area contributed by atoms with Gasteiger partial charge >= 0.3 is 0 Å². The summed E-state index contributed by atoms with van der Waals surface area (Å²) in [5, 5.41) is 4.92. The molecular formula is C21H22N2O2S. The molecule has 26 heavy (non-hydrogen) atoms. The molecule has 0 fully saturated rings. The average Bonchev–Trinajstić information content (AvgIpc) is 2.64. The molecule has 0 aliphatic heterocycles. The first-order chi connectivity index (χ1) is 12.5. The molecule has 1 N–H and O–H groups in total. The molecule has 134 valence electrons. The first-order valence-electron chi connectivity index (χ1n) is 8.43. The summed E-state index contributed by atoms with van der Waals surface area (Å²) in [7, 11) is 1.59. The highest BCUT2D eigenvalue weighted by atomic mass is 32.2. The van der Waals surface area contributed by atoms with Crippen molar-refractivity contribution in [2.24, 2.45) is 0 Å². The minimum absolute atomic E-state index is 0.0817. The normalized spacial score (nSPS) is 10.8. The number of hydrogen-bond donors (Lipinski definition) is 1. The fourth-order valence-electron chi connectivity index (χ4n) is 2.79. The zero-order chi connectivity index (χ0) is 18.7. The van der Waals surface area contributed by atoms with Crippen molar-refractivity contribution in [1.29, 1.82) is 0 Å². The van der Waals surface area contributed by atoms with E-state index in [1.54, 1.807) is 7.11 Å². The predicted molar refractivity (Wildman–Crippen MR) is 108 cm³/mol. The lowest BCUT2D eigenvalue weighted by Crippen LogP contribution is -2.14. The molecule has 0 aliphatic carbocycles. The van der Waals surface area contributed by atoms with Gasteiger partial charge in [-0.3, -0.25) is 4.79 Å². The van der Waals surface area contributed by atoms with Crippen molar-refractivity contribution in [3.8, 4) is 5.75 Å². The third kappa shape index (κ3) is 3.83. The molecule has 2 aromatic carbocycles. The number of aromatic nitrogens is 1. The van der Waals surface area contributed by atoms with E-state index in [4.69, 9.17) is 9.72 Å². The number of thioether (sulfide) groups is 1. The van der Waals surface area contributed by atoms with Gasteiger partial charge in [0.15, 0.2) is 0 Å². The van der Waals surface area contributed by atoms with Crippen molar-refractivity contribution in [2.45, 2.75) is 25.8 Å². The number of pyridine rings is 1. The van der Waals surface area contributed by atoms with E-state index in [1.807, 2.05) is 31.2 Å². The van der Waals surface area contributed by atoms with Gasteiger partial charge < -0.3 is 10.1 Å². The Bertz CT molecular complexity index is 970. The predicted octanol–water partition coefficient (Wildman–Crippen LogP) is 4.90. The van der Waals surface area contributed by atoms with Gasteiger partial charge in [-0.25, -0.2) is 4.98 Å². The number of para-hydroxylation sites is 2. The van der Waals surface area contributed by atoms with Crippen LogP contribution >= 0.6 is 11.8 Å². The average molecular weight is 366 g/mol. The highest BCUT2D eigenvalue weighted by molar-refractivity contribution is 8.00. The van der Waals surface area contributed by atoms with Gasteiger partial charge in [-0.05, 0) is 55.7 Å². The second kappa shape index (κ2) is 7.79. The molecule has 0 saturated carbocycles. The van der Waals surface area contributed by atoms with Crippen LogP contribution in [0.3, 0.4) is 0 Å². The van der Waals surface area contributed by atoms with E-state index in [-0.39, 0.29) is 5.91 Å². The number of rotatable bonds is 5. The number of fused-ring (bicyclic) bond motifs is 1. The second-order valence-electron chi connectivity index (χ2n) is 6.23. The summed E-state index contributed by atoms with van der Waals surface area (Å²) < 4.78 is 5.27. The molecule has 0 saturated heterocycles. The Balaban J connectivity index is 1.76. The maximum atomic E-state index is 12.3. The quantitative estimate of drug-likeness (QED) is 0.653. The smallest absolute Gasteiger partial charge is 0.234 e. The molecule has 0 spiro atoms. The molecule has 4 nitrogen and oxygen atoms in total. The summed E-state index contributed by atoms with van der Waals surface area (Å²) in [5.74, 6) is 0.862. The van der Waals surface area contributed by atoms with Crippen molar-refractivity contribution in [2.75, 3.05) is 18.2 Å². The third-order valence-electron chi connectivity index (χ3n) is 4.38. The molecule has 5 heteroatoms. The van der Waals surface area contributed by atoms with Crippen LogP contribution in [0.15, 0.2) is 47.5 Å². The summed E-state index contributed by atoms with van der Waals surface area (Å²) in [6.45, 7) is 6.20. The molecule has 0 aliphatic rings. The molecule has 0 unspecified atom stereocenters. The number of amides is 1. The molecule has 3 rings (SSSR count). The Labute approximate surface area is 158 Å². The van der Waals surface area contributed by atoms with Crippen LogP contribution in [0.4, 0.5) is 5.69 Å². The first kappa shape index (κ1) is 18.3. The van der Waals surface area contributed by atoms with Crippen LogP contribution in [0.25, 0.3) is 10.9 Å². The number of benzene rings is 2. The van der Waals surface area contributed by atoms with Gasteiger partial charge in [0.25, 0.3) is 0 Å². The molecular weight excluding hydrogens is 344 g/mol. The Morgan fingerprint density at radius 2 is 1.88 bits per heavy atom. The summed E-state index contributed by atoms with van der Waals surface area (Å²) in [4.78, 5) is 17.1. The molecule has 0 bridgehead atoms. The molecule has 3 aromatic rings. The lowest BCUT2D eigenvalue weighted by atomic mass is 10.0. The molecule has 0 radical (unpaired) electrons. The lowest BCUT2D eigenvalue weighted by Gasteiger charge is -2.11. The number of ether oxygens (including phenoxy) is 1. The number of methoxy groups -OCH3 is 1. The van der Waals surface area contributed by atoms with E-state index < -0.39 is 0 Å². The number of carbonyl (C=O) groups excluding carboxylic acids is 1. The Hall–Kier alpha value is -2.53. The van der Waals surface area contributed by atoms with Gasteiger partial charge in [0.1, 0.15) is 10.8 Å². The SMILES string of the molecule is COc1ccccc1NC(=O)CSc1nc2c(C)c(C)ccc2cc1C. The Morgan fingerprint density at radius 3 is 2.65 bits per heavy atom. The van der Waals surface area contributed by atoms with Crippen LogP contribution in [-0.2, 0) is 4.79 Å². The van der Waals surface area contributed by atoms with E-state index in [1.165, 1.54) is 22.9 Å². The fourth-order valence-corrected chi connectivity index (χ4v) is 3.57. The Kier molecular flexibility index (Phi) is 5.47. The summed E-state index contributed by atoms with van der Waals surface area (Å²) in [5.41, 5.74) is 5.16. The third-order valence-corrected chi connectivity index (χ3v) is 5.47. The summed E-state index contributed by atoms with van der Waals surface area (Å²) >= 11 is 1.45. The number of carbonyl (C=O) groups is 1. The standard InChI is InChI=1S/C21H22N2O2S/c1-13-9-10-16-11-14(2)21(23-20(16)15(13)3)26-12-19(24)22-17-7-5-6-8-18(17)25-4/h5-11H,12H2,1-4H3,(H,22,24). The number of aryl methyl sites for hydroxylation is 3. The largest absolute Gasteiger partial charge is 0.495 e. The van der Waals surface area contributed by atoms with Crippen molar-refractivity contribution in [3.63, 3.8) is 0 Å². The van der Waals surface area contributed by atoms with Gasteiger partial charge in [0.05, 0.1) is 24.1 Å². The van der Waals surface area contributed by atoms with E-state index in [0.717, 1.165) is 21.5 Å². The first-order valence-corrected chi connectivity index (χ1v) is 9.41. The van der Waals surface area contributed by atoms with E-state index in [9.17, 15) is 4.79 Å². The number of nitrogens with one attached hydrogen (secondary N) is 1. The van der Waals surface area contributed by atoms with Gasteiger partial charge in [0, 0.05) is 5.39 Å². The van der Waals surface area contributed by atoms with Gasteiger partial charge in [-0.2, -0.15) is 0 Å². The monoisotopic (exact) mass is 366 g/mol. The maximum absolute atomic E-state index is 12.3. The van der Waals surface area contributed by atoms with E-state index in [2.05, 4.69) is 37.4 Å². The van der Waals surface area contributed by atoms with Crippen LogP contribution < -0.4 is 10.1 Å². The minimum atomic E-state index is -0.0817. The molecule has 1 amide bonds. The van der Waals surface area contributed by atoms with Crippen LogP contribution in [0.2, 0.25) is 0 Å². The maximum Gasteiger partial charge on any atom is 0.234 e. The summed E-state index contributed by atoms with van der Waals surface area (Å²) in [6.07, 6.45) is 0. The highest BCUT2D eigenvalue weighted by Gasteiger charge is 2.11. The zero-order valence-electron chi connectivity index (χ0n) is 15.4. The fraction of sp³-hybridized carbons (Fsp3) is 0.238. The van der Waals surface area contributed by atoms with Crippen molar-refractivity contribution in [1.82, 2.24) is 4.98 Å². The molecule has 1 aromatic heterocycles. The minimum Gasteiger partial charge on any atom is -0.495 e. The van der Waals surface area contributed by atoms with Crippen molar-refractivity contribution in [3.05, 3.63) is 59.2 Å².